The number of nitrogens with one attached hydrogen (secondary N) is 1. The fraction of sp³-hybridized carbons (Fsp3) is 0.562. The first kappa shape index (κ1) is 16.8. The zero-order valence-corrected chi connectivity index (χ0v) is 14.0. The van der Waals surface area contributed by atoms with Crippen molar-refractivity contribution in [3.8, 4) is 11.8 Å². The molecule has 5 nitrogen and oxygen atoms in total. The number of methoxy groups -OCH3 is 1. The normalized spacial score (nSPS) is 18.1. The topological polar surface area (TPSA) is 79.2 Å². The number of hydrogen-bond acceptors (Lipinski definition) is 5. The monoisotopic (exact) mass is 322 g/mol. The molecule has 2 rings (SSSR count). The van der Waals surface area contributed by atoms with Gasteiger partial charge in [0.2, 0.25) is 0 Å². The fourth-order valence-corrected chi connectivity index (χ4v) is 3.48. The van der Waals surface area contributed by atoms with Gasteiger partial charge in [0.05, 0.1) is 18.6 Å². The number of rotatable bonds is 6. The van der Waals surface area contributed by atoms with E-state index in [4.69, 9.17) is 4.74 Å². The molecule has 0 spiro atoms. The summed E-state index contributed by atoms with van der Waals surface area (Å²) in [4.78, 5) is 0.193. The lowest BCUT2D eigenvalue weighted by Crippen LogP contribution is -2.39. The number of sulfone groups is 1. The first-order chi connectivity index (χ1) is 10.3. The molecule has 1 aromatic rings. The predicted molar refractivity (Wildman–Crippen MR) is 84.4 cm³/mol. The van der Waals surface area contributed by atoms with Crippen molar-refractivity contribution in [1.82, 2.24) is 5.32 Å². The molecule has 0 aliphatic heterocycles. The second-order valence-corrected chi connectivity index (χ2v) is 8.01. The van der Waals surface area contributed by atoms with Gasteiger partial charge in [-0.15, -0.1) is 0 Å². The van der Waals surface area contributed by atoms with Crippen molar-refractivity contribution in [2.45, 2.75) is 37.1 Å². The lowest BCUT2D eigenvalue weighted by Gasteiger charge is -2.36. The Bertz CT molecular complexity index is 688. The Morgan fingerprint density at radius 1 is 1.45 bits per heavy atom. The van der Waals surface area contributed by atoms with E-state index in [-0.39, 0.29) is 16.4 Å². The van der Waals surface area contributed by atoms with Gasteiger partial charge < -0.3 is 10.1 Å². The number of ether oxygens (including phenoxy) is 1. The molecule has 120 valence electrons. The molecule has 0 heterocycles. The maximum Gasteiger partial charge on any atom is 0.179 e. The van der Waals surface area contributed by atoms with E-state index in [1.54, 1.807) is 18.2 Å². The van der Waals surface area contributed by atoms with Crippen LogP contribution in [0.5, 0.6) is 5.75 Å². The van der Waals surface area contributed by atoms with Gasteiger partial charge in [-0.3, -0.25) is 0 Å². The van der Waals surface area contributed by atoms with Gasteiger partial charge in [0.1, 0.15) is 10.6 Å². The summed E-state index contributed by atoms with van der Waals surface area (Å²) in [6.07, 6.45) is 4.17. The second-order valence-electron chi connectivity index (χ2n) is 6.03. The predicted octanol–water partition coefficient (Wildman–Crippen LogP) is 2.44. The average molecular weight is 322 g/mol. The van der Waals surface area contributed by atoms with E-state index in [0.717, 1.165) is 24.8 Å². The van der Waals surface area contributed by atoms with E-state index >= 15 is 0 Å². The van der Waals surface area contributed by atoms with E-state index in [1.165, 1.54) is 13.4 Å². The summed E-state index contributed by atoms with van der Waals surface area (Å²) in [5.41, 5.74) is 0.710. The van der Waals surface area contributed by atoms with Gasteiger partial charge in [0.25, 0.3) is 0 Å². The highest BCUT2D eigenvalue weighted by Crippen LogP contribution is 2.40. The molecule has 0 radical (unpaired) electrons. The van der Waals surface area contributed by atoms with Crippen LogP contribution in [0.15, 0.2) is 23.1 Å². The van der Waals surface area contributed by atoms with Gasteiger partial charge in [-0.05, 0) is 37.5 Å². The largest absolute Gasteiger partial charge is 0.495 e. The molecule has 0 bridgehead atoms. The van der Waals surface area contributed by atoms with E-state index in [0.29, 0.717) is 12.3 Å². The second kappa shape index (κ2) is 6.27. The van der Waals surface area contributed by atoms with Crippen LogP contribution in [0.4, 0.5) is 0 Å². The van der Waals surface area contributed by atoms with Gasteiger partial charge in [0.15, 0.2) is 9.84 Å². The molecule has 0 aromatic heterocycles. The van der Waals surface area contributed by atoms with Crippen molar-refractivity contribution in [1.29, 1.82) is 5.26 Å². The fourth-order valence-electron chi connectivity index (χ4n) is 2.66. The van der Waals surface area contributed by atoms with Crippen LogP contribution in [-0.2, 0) is 9.84 Å². The van der Waals surface area contributed by atoms with Gasteiger partial charge in [-0.2, -0.15) is 5.26 Å². The molecule has 6 heteroatoms. The molecule has 1 aliphatic rings. The van der Waals surface area contributed by atoms with Crippen LogP contribution < -0.4 is 10.1 Å². The minimum Gasteiger partial charge on any atom is -0.495 e. The molecular weight excluding hydrogens is 300 g/mol. The molecule has 0 saturated heterocycles. The molecule has 1 atom stereocenters. The molecule has 1 aromatic carbocycles. The Morgan fingerprint density at radius 3 is 2.59 bits per heavy atom. The zero-order chi connectivity index (χ0) is 16.4. The molecular formula is C16H22N2O3S. The maximum absolute atomic E-state index is 11.7. The van der Waals surface area contributed by atoms with E-state index in [2.05, 4.69) is 11.4 Å². The Labute approximate surface area is 132 Å². The average Bonchev–Trinajstić information content (AvgIpc) is 2.44. The van der Waals surface area contributed by atoms with Crippen LogP contribution in [0, 0.1) is 16.7 Å². The third-order valence-corrected chi connectivity index (χ3v) is 5.52. The number of benzene rings is 1. The number of hydrogen-bond donors (Lipinski definition) is 1. The first-order valence-corrected chi connectivity index (χ1v) is 9.23. The van der Waals surface area contributed by atoms with Crippen LogP contribution in [-0.4, -0.2) is 28.3 Å². The van der Waals surface area contributed by atoms with Crippen LogP contribution >= 0.6 is 0 Å². The Kier molecular flexibility index (Phi) is 4.78. The van der Waals surface area contributed by atoms with Crippen molar-refractivity contribution >= 4 is 9.84 Å². The van der Waals surface area contributed by atoms with E-state index in [9.17, 15) is 13.7 Å². The molecule has 1 aliphatic carbocycles. The molecule has 0 amide bonds. The van der Waals surface area contributed by atoms with Crippen molar-refractivity contribution in [3.63, 3.8) is 0 Å². The summed E-state index contributed by atoms with van der Waals surface area (Å²) in [7, 11) is -1.85. The van der Waals surface area contributed by atoms with Crippen LogP contribution in [0.1, 0.15) is 37.8 Å². The summed E-state index contributed by atoms with van der Waals surface area (Å²) >= 11 is 0. The van der Waals surface area contributed by atoms with Crippen molar-refractivity contribution in [3.05, 3.63) is 23.8 Å². The third kappa shape index (κ3) is 3.42. The number of nitriles is 1. The summed E-state index contributed by atoms with van der Waals surface area (Å²) in [5, 5.41) is 12.6. The lowest BCUT2D eigenvalue weighted by molar-refractivity contribution is 0.201. The quantitative estimate of drug-likeness (QED) is 0.870. The summed E-state index contributed by atoms with van der Waals surface area (Å²) in [6, 6.07) is 7.53. The first-order valence-electron chi connectivity index (χ1n) is 7.34. The summed E-state index contributed by atoms with van der Waals surface area (Å²) < 4.78 is 28.6. The SMILES string of the molecule is COc1cc([C@@H](C)NCC2(C#N)CCC2)ccc1S(C)(=O)=O. The van der Waals surface area contributed by atoms with Crippen LogP contribution in [0.2, 0.25) is 0 Å². The van der Waals surface area contributed by atoms with Crippen molar-refractivity contribution in [2.75, 3.05) is 19.9 Å². The minimum atomic E-state index is -3.31. The van der Waals surface area contributed by atoms with Crippen LogP contribution in [0.3, 0.4) is 0 Å². The highest BCUT2D eigenvalue weighted by molar-refractivity contribution is 7.90. The standard InChI is InChI=1S/C16H22N2O3S/c1-12(18-11-16(10-17)7-4-8-16)13-5-6-15(22(3,19)20)14(9-13)21-2/h5-6,9,12,18H,4,7-8,11H2,1-3H3/t12-/m1/s1. The number of nitrogens with zero attached hydrogens (tertiary/aromatic N) is 1. The Balaban J connectivity index is 2.13. The summed E-state index contributed by atoms with van der Waals surface area (Å²) in [6.45, 7) is 2.65. The van der Waals surface area contributed by atoms with Crippen molar-refractivity contribution in [2.24, 2.45) is 5.41 Å². The molecule has 1 fully saturated rings. The van der Waals surface area contributed by atoms with Gasteiger partial charge in [-0.1, -0.05) is 12.5 Å². The van der Waals surface area contributed by atoms with Gasteiger partial charge in [-0.25, -0.2) is 8.42 Å². The third-order valence-electron chi connectivity index (χ3n) is 4.38. The smallest absolute Gasteiger partial charge is 0.179 e. The van der Waals surface area contributed by atoms with Crippen LogP contribution in [0.25, 0.3) is 0 Å². The van der Waals surface area contributed by atoms with Crippen molar-refractivity contribution < 1.29 is 13.2 Å². The zero-order valence-electron chi connectivity index (χ0n) is 13.2. The van der Waals surface area contributed by atoms with E-state index < -0.39 is 9.84 Å². The summed E-state index contributed by atoms with van der Waals surface area (Å²) in [5.74, 6) is 0.354. The van der Waals surface area contributed by atoms with E-state index in [1.807, 2.05) is 6.92 Å². The molecule has 0 unspecified atom stereocenters. The minimum absolute atomic E-state index is 0.0216. The highest BCUT2D eigenvalue weighted by Gasteiger charge is 2.37. The molecule has 1 N–H and O–H groups in total. The Morgan fingerprint density at radius 2 is 2.14 bits per heavy atom. The van der Waals surface area contributed by atoms with Gasteiger partial charge in [0, 0.05) is 18.8 Å². The highest BCUT2D eigenvalue weighted by atomic mass is 32.2. The lowest BCUT2D eigenvalue weighted by atomic mass is 9.70. The van der Waals surface area contributed by atoms with Gasteiger partial charge >= 0.3 is 0 Å². The molecule has 22 heavy (non-hydrogen) atoms. The Hall–Kier alpha value is -1.58. The molecule has 1 saturated carbocycles. The maximum atomic E-state index is 11.7.